The molecule has 0 fully saturated rings. The van der Waals surface area contributed by atoms with Crippen LogP contribution in [0, 0.1) is 6.92 Å². The lowest BCUT2D eigenvalue weighted by Gasteiger charge is -2.18. The van der Waals surface area contributed by atoms with Crippen molar-refractivity contribution in [1.29, 1.82) is 0 Å². The van der Waals surface area contributed by atoms with E-state index in [0.29, 0.717) is 0 Å². The molecule has 5 heteroatoms. The first-order valence-electron chi connectivity index (χ1n) is 6.88. The summed E-state index contributed by atoms with van der Waals surface area (Å²) >= 11 is 3.56. The van der Waals surface area contributed by atoms with Crippen LogP contribution in [0.15, 0.2) is 34.9 Å². The number of halogens is 1. The predicted molar refractivity (Wildman–Crippen MR) is 85.2 cm³/mol. The molecule has 0 aliphatic heterocycles. The molecule has 0 aliphatic rings. The molecule has 2 aromatic rings. The molecule has 0 spiro atoms. The summed E-state index contributed by atoms with van der Waals surface area (Å²) in [5.41, 5.74) is 6.64. The largest absolute Gasteiger partial charge is 0.271 e. The highest BCUT2D eigenvalue weighted by Gasteiger charge is 2.18. The van der Waals surface area contributed by atoms with E-state index in [1.807, 2.05) is 10.9 Å². The van der Waals surface area contributed by atoms with Crippen LogP contribution in [0.4, 0.5) is 0 Å². The van der Waals surface area contributed by atoms with Crippen LogP contribution >= 0.6 is 15.9 Å². The zero-order valence-electron chi connectivity index (χ0n) is 11.9. The molecule has 0 saturated carbocycles. The van der Waals surface area contributed by atoms with Crippen LogP contribution in [0.1, 0.15) is 36.2 Å². The molecular formula is C15H21BrN4. The van der Waals surface area contributed by atoms with Crippen LogP contribution in [0.2, 0.25) is 0 Å². The van der Waals surface area contributed by atoms with Gasteiger partial charge in [0.25, 0.3) is 0 Å². The van der Waals surface area contributed by atoms with Gasteiger partial charge in [-0.05, 0) is 48.2 Å². The summed E-state index contributed by atoms with van der Waals surface area (Å²) in [5.74, 6) is 5.73. The van der Waals surface area contributed by atoms with Gasteiger partial charge >= 0.3 is 0 Å². The molecule has 1 aromatic heterocycles. The third-order valence-corrected chi connectivity index (χ3v) is 4.12. The van der Waals surface area contributed by atoms with Gasteiger partial charge in [0.15, 0.2) is 0 Å². The highest BCUT2D eigenvalue weighted by molar-refractivity contribution is 9.10. The van der Waals surface area contributed by atoms with Crippen molar-refractivity contribution in [3.05, 3.63) is 51.8 Å². The molecule has 2 rings (SSSR count). The second-order valence-electron chi connectivity index (χ2n) is 4.94. The SMILES string of the molecule is CCn1ncc(Br)c1C(CCc1ccc(C)cc1)NN. The summed E-state index contributed by atoms with van der Waals surface area (Å²) in [6.45, 7) is 5.02. The van der Waals surface area contributed by atoms with E-state index in [2.05, 4.69) is 64.6 Å². The number of nitrogens with one attached hydrogen (secondary N) is 1. The average Bonchev–Trinajstić information content (AvgIpc) is 2.83. The maximum atomic E-state index is 5.73. The summed E-state index contributed by atoms with van der Waals surface area (Å²) < 4.78 is 2.98. The van der Waals surface area contributed by atoms with Gasteiger partial charge in [-0.15, -0.1) is 0 Å². The lowest BCUT2D eigenvalue weighted by atomic mass is 10.0. The van der Waals surface area contributed by atoms with Crippen molar-refractivity contribution in [1.82, 2.24) is 15.2 Å². The minimum Gasteiger partial charge on any atom is -0.271 e. The predicted octanol–water partition coefficient (Wildman–Crippen LogP) is 3.11. The maximum Gasteiger partial charge on any atom is 0.0709 e. The minimum absolute atomic E-state index is 0.0909. The van der Waals surface area contributed by atoms with Gasteiger partial charge in [0, 0.05) is 6.54 Å². The molecule has 1 heterocycles. The van der Waals surface area contributed by atoms with Crippen LogP contribution in [0.25, 0.3) is 0 Å². The highest BCUT2D eigenvalue weighted by Crippen LogP contribution is 2.26. The third-order valence-electron chi connectivity index (χ3n) is 3.51. The number of aryl methyl sites for hydroxylation is 3. The zero-order valence-corrected chi connectivity index (χ0v) is 13.5. The summed E-state index contributed by atoms with van der Waals surface area (Å²) in [7, 11) is 0. The zero-order chi connectivity index (χ0) is 14.5. The number of aromatic nitrogens is 2. The van der Waals surface area contributed by atoms with Gasteiger partial charge < -0.3 is 0 Å². The maximum absolute atomic E-state index is 5.73. The Morgan fingerprint density at radius 3 is 2.65 bits per heavy atom. The van der Waals surface area contributed by atoms with Crippen LogP contribution < -0.4 is 11.3 Å². The fourth-order valence-corrected chi connectivity index (χ4v) is 2.91. The quantitative estimate of drug-likeness (QED) is 0.629. The Kier molecular flexibility index (Phi) is 5.34. The van der Waals surface area contributed by atoms with Crippen molar-refractivity contribution in [3.63, 3.8) is 0 Å². The number of rotatable bonds is 6. The lowest BCUT2D eigenvalue weighted by molar-refractivity contribution is 0.465. The number of hydrogen-bond acceptors (Lipinski definition) is 3. The molecule has 0 amide bonds. The van der Waals surface area contributed by atoms with Gasteiger partial charge in [-0.25, -0.2) is 0 Å². The fourth-order valence-electron chi connectivity index (χ4n) is 2.34. The van der Waals surface area contributed by atoms with Gasteiger partial charge in [-0.1, -0.05) is 29.8 Å². The van der Waals surface area contributed by atoms with Crippen LogP contribution in [0.5, 0.6) is 0 Å². The molecule has 20 heavy (non-hydrogen) atoms. The van der Waals surface area contributed by atoms with Crippen molar-refractivity contribution in [2.45, 2.75) is 39.3 Å². The van der Waals surface area contributed by atoms with E-state index in [1.165, 1.54) is 11.1 Å². The van der Waals surface area contributed by atoms with Crippen LogP contribution in [-0.2, 0) is 13.0 Å². The standard InChI is InChI=1S/C15H21BrN4/c1-3-20-15(13(16)10-18-20)14(19-17)9-8-12-6-4-11(2)5-7-12/h4-7,10,14,19H,3,8-9,17H2,1-2H3. The molecule has 1 aromatic carbocycles. The minimum atomic E-state index is 0.0909. The third kappa shape index (κ3) is 3.48. The topological polar surface area (TPSA) is 55.9 Å². The lowest BCUT2D eigenvalue weighted by Crippen LogP contribution is -2.30. The summed E-state index contributed by atoms with van der Waals surface area (Å²) in [5, 5.41) is 4.34. The molecular weight excluding hydrogens is 316 g/mol. The monoisotopic (exact) mass is 336 g/mol. The molecule has 108 valence electrons. The Labute approximate surface area is 128 Å². The normalized spacial score (nSPS) is 12.6. The number of hydrogen-bond donors (Lipinski definition) is 2. The van der Waals surface area contributed by atoms with Gasteiger partial charge in [-0.3, -0.25) is 16.0 Å². The van der Waals surface area contributed by atoms with Gasteiger partial charge in [0.2, 0.25) is 0 Å². The van der Waals surface area contributed by atoms with Crippen molar-refractivity contribution >= 4 is 15.9 Å². The second kappa shape index (κ2) is 7.02. The number of benzene rings is 1. The average molecular weight is 337 g/mol. The van der Waals surface area contributed by atoms with Gasteiger partial charge in [0.1, 0.15) is 0 Å². The summed E-state index contributed by atoms with van der Waals surface area (Å²) in [6, 6.07) is 8.73. The van der Waals surface area contributed by atoms with E-state index >= 15 is 0 Å². The second-order valence-corrected chi connectivity index (χ2v) is 5.79. The van der Waals surface area contributed by atoms with E-state index in [9.17, 15) is 0 Å². The Morgan fingerprint density at radius 1 is 1.35 bits per heavy atom. The molecule has 4 nitrogen and oxygen atoms in total. The summed E-state index contributed by atoms with van der Waals surface area (Å²) in [6.07, 6.45) is 3.75. The molecule has 1 unspecified atom stereocenters. The first kappa shape index (κ1) is 15.2. The van der Waals surface area contributed by atoms with Crippen LogP contribution in [-0.4, -0.2) is 9.78 Å². The smallest absolute Gasteiger partial charge is 0.0709 e. The van der Waals surface area contributed by atoms with E-state index in [4.69, 9.17) is 5.84 Å². The first-order chi connectivity index (χ1) is 9.65. The molecule has 0 aliphatic carbocycles. The summed E-state index contributed by atoms with van der Waals surface area (Å²) in [4.78, 5) is 0. The molecule has 0 saturated heterocycles. The Balaban J connectivity index is 2.09. The first-order valence-corrected chi connectivity index (χ1v) is 7.67. The van der Waals surface area contributed by atoms with Crippen molar-refractivity contribution in [3.8, 4) is 0 Å². The van der Waals surface area contributed by atoms with Gasteiger partial charge in [-0.2, -0.15) is 5.10 Å². The molecule has 0 radical (unpaired) electrons. The molecule has 3 N–H and O–H groups in total. The molecule has 1 atom stereocenters. The number of hydrazine groups is 1. The highest BCUT2D eigenvalue weighted by atomic mass is 79.9. The Hall–Kier alpha value is -1.17. The van der Waals surface area contributed by atoms with E-state index in [0.717, 1.165) is 29.6 Å². The molecule has 0 bridgehead atoms. The van der Waals surface area contributed by atoms with Crippen molar-refractivity contribution in [2.75, 3.05) is 0 Å². The Bertz CT molecular complexity index is 548. The van der Waals surface area contributed by atoms with Gasteiger partial charge in [0.05, 0.1) is 22.4 Å². The fraction of sp³-hybridized carbons (Fsp3) is 0.400. The Morgan fingerprint density at radius 2 is 2.05 bits per heavy atom. The van der Waals surface area contributed by atoms with E-state index in [-0.39, 0.29) is 6.04 Å². The van der Waals surface area contributed by atoms with E-state index < -0.39 is 0 Å². The number of nitrogens with zero attached hydrogens (tertiary/aromatic N) is 2. The van der Waals surface area contributed by atoms with Crippen LogP contribution in [0.3, 0.4) is 0 Å². The van der Waals surface area contributed by atoms with E-state index in [1.54, 1.807) is 0 Å². The van der Waals surface area contributed by atoms with Crippen molar-refractivity contribution < 1.29 is 0 Å². The van der Waals surface area contributed by atoms with Crippen molar-refractivity contribution in [2.24, 2.45) is 5.84 Å². The number of nitrogens with two attached hydrogens (primary N) is 1.